The fraction of sp³-hybridized carbons (Fsp3) is 0.200. The van der Waals surface area contributed by atoms with E-state index in [0.29, 0.717) is 34.8 Å². The predicted octanol–water partition coefficient (Wildman–Crippen LogP) is 5.96. The maximum atomic E-state index is 12.1. The van der Waals surface area contributed by atoms with E-state index < -0.39 is 0 Å². The van der Waals surface area contributed by atoms with Gasteiger partial charge in [-0.15, -0.1) is 0 Å². The summed E-state index contributed by atoms with van der Waals surface area (Å²) in [6.45, 7) is 5.70. The van der Waals surface area contributed by atoms with Gasteiger partial charge in [-0.1, -0.05) is 42.0 Å². The average molecular weight is 503 g/mol. The van der Waals surface area contributed by atoms with Crippen molar-refractivity contribution in [3.63, 3.8) is 0 Å². The van der Waals surface area contributed by atoms with E-state index in [4.69, 9.17) is 13.9 Å². The number of hydrogen-bond donors (Lipinski definition) is 2. The quantitative estimate of drug-likeness (QED) is 0.248. The van der Waals surface area contributed by atoms with E-state index in [9.17, 15) is 19.8 Å². The number of benzene rings is 3. The largest absolute Gasteiger partial charge is 0.507 e. The molecule has 7 nitrogen and oxygen atoms in total. The molecule has 0 amide bonds. The van der Waals surface area contributed by atoms with Crippen LogP contribution >= 0.6 is 0 Å². The van der Waals surface area contributed by atoms with Crippen LogP contribution in [0.1, 0.15) is 41.1 Å². The van der Waals surface area contributed by atoms with E-state index in [1.54, 1.807) is 43.3 Å². The molecule has 0 aliphatic carbocycles. The second-order valence-corrected chi connectivity index (χ2v) is 8.57. The zero-order chi connectivity index (χ0) is 27.1. The topological polar surface area (TPSA) is 106 Å². The molecule has 0 spiro atoms. The first-order valence-corrected chi connectivity index (χ1v) is 11.6. The van der Waals surface area contributed by atoms with Crippen molar-refractivity contribution in [2.24, 2.45) is 0 Å². The summed E-state index contributed by atoms with van der Waals surface area (Å²) < 4.78 is 15.9. The van der Waals surface area contributed by atoms with Crippen LogP contribution in [0.5, 0.6) is 23.0 Å². The van der Waals surface area contributed by atoms with Crippen LogP contribution < -0.4 is 14.9 Å². The van der Waals surface area contributed by atoms with E-state index in [1.165, 1.54) is 32.4 Å². The second kappa shape index (κ2) is 11.9. The Kier molecular flexibility index (Phi) is 8.74. The maximum Gasteiger partial charge on any atom is 0.196 e. The number of allylic oxidation sites excluding steroid dienone is 2. The van der Waals surface area contributed by atoms with Gasteiger partial charge in [0.05, 0.1) is 19.8 Å². The first-order chi connectivity index (χ1) is 17.7. The highest BCUT2D eigenvalue weighted by Crippen LogP contribution is 2.34. The number of methoxy groups -OCH3 is 2. The molecule has 2 N–H and O–H groups in total. The van der Waals surface area contributed by atoms with Gasteiger partial charge in [-0.2, -0.15) is 0 Å². The van der Waals surface area contributed by atoms with E-state index in [-0.39, 0.29) is 33.7 Å². The Labute approximate surface area is 215 Å². The van der Waals surface area contributed by atoms with Crippen molar-refractivity contribution in [1.29, 1.82) is 0 Å². The van der Waals surface area contributed by atoms with Crippen LogP contribution in [-0.2, 0) is 6.42 Å². The molecule has 0 aliphatic heterocycles. The minimum Gasteiger partial charge on any atom is -0.507 e. The third kappa shape index (κ3) is 6.38. The van der Waals surface area contributed by atoms with Gasteiger partial charge < -0.3 is 24.1 Å². The molecule has 0 bridgehead atoms. The Balaban J connectivity index is 0.000000208. The lowest BCUT2D eigenvalue weighted by molar-refractivity contribution is 0.103. The summed E-state index contributed by atoms with van der Waals surface area (Å²) in [7, 11) is 3.04. The molecule has 0 atom stereocenters. The van der Waals surface area contributed by atoms with Crippen molar-refractivity contribution in [3.05, 3.63) is 105 Å². The fourth-order valence-electron chi connectivity index (χ4n) is 3.72. The second-order valence-electron chi connectivity index (χ2n) is 8.57. The maximum absolute atomic E-state index is 12.1. The Morgan fingerprint density at radius 3 is 2.24 bits per heavy atom. The van der Waals surface area contributed by atoms with Crippen LogP contribution in [-0.4, -0.2) is 30.2 Å². The van der Waals surface area contributed by atoms with Gasteiger partial charge in [0.25, 0.3) is 0 Å². The summed E-state index contributed by atoms with van der Waals surface area (Å²) >= 11 is 0. The lowest BCUT2D eigenvalue weighted by Gasteiger charge is -2.11. The van der Waals surface area contributed by atoms with Gasteiger partial charge in [-0.05, 0) is 39.3 Å². The Morgan fingerprint density at radius 1 is 0.946 bits per heavy atom. The van der Waals surface area contributed by atoms with Gasteiger partial charge >= 0.3 is 0 Å². The smallest absolute Gasteiger partial charge is 0.196 e. The summed E-state index contributed by atoms with van der Waals surface area (Å²) in [6, 6.07) is 16.3. The SMILES string of the molecule is COc1cc(O)c2c(=O)cc(C)oc2c1CC=C(C)C.COc1ccc(C(=O)c2ccccc2)c(O)c1. The number of phenols is 2. The highest BCUT2D eigenvalue weighted by atomic mass is 16.5. The third-order valence-electron chi connectivity index (χ3n) is 5.59. The normalized spacial score (nSPS) is 10.3. The molecule has 0 unspecified atom stereocenters. The molecule has 4 aromatic rings. The van der Waals surface area contributed by atoms with Crippen LogP contribution in [0, 0.1) is 6.92 Å². The Hall–Kier alpha value is -4.52. The summed E-state index contributed by atoms with van der Waals surface area (Å²) in [4.78, 5) is 24.1. The molecule has 0 aliphatic rings. The van der Waals surface area contributed by atoms with E-state index in [2.05, 4.69) is 0 Å². The Bertz CT molecular complexity index is 1490. The zero-order valence-corrected chi connectivity index (χ0v) is 21.5. The van der Waals surface area contributed by atoms with Crippen molar-refractivity contribution >= 4 is 16.8 Å². The average Bonchev–Trinajstić information content (AvgIpc) is 2.87. The molecule has 0 saturated heterocycles. The molecule has 0 saturated carbocycles. The minimum absolute atomic E-state index is 0.0711. The number of ether oxygens (including phenoxy) is 2. The number of carbonyl (C=O) groups excluding carboxylic acids is 1. The number of fused-ring (bicyclic) bond motifs is 1. The molecule has 3 aromatic carbocycles. The minimum atomic E-state index is -0.248. The predicted molar refractivity (Wildman–Crippen MR) is 143 cm³/mol. The number of carbonyl (C=O) groups is 1. The molecule has 7 heteroatoms. The molecule has 0 radical (unpaired) electrons. The lowest BCUT2D eigenvalue weighted by Crippen LogP contribution is -2.04. The van der Waals surface area contributed by atoms with Crippen LogP contribution in [0.3, 0.4) is 0 Å². The number of aryl methyl sites for hydroxylation is 1. The van der Waals surface area contributed by atoms with Crippen molar-refractivity contribution in [1.82, 2.24) is 0 Å². The number of aromatic hydroxyl groups is 2. The van der Waals surface area contributed by atoms with Gasteiger partial charge in [0, 0.05) is 29.3 Å². The number of rotatable bonds is 6. The van der Waals surface area contributed by atoms with Crippen LogP contribution in [0.25, 0.3) is 11.0 Å². The molecule has 1 heterocycles. The lowest BCUT2D eigenvalue weighted by atomic mass is 10.0. The fourth-order valence-corrected chi connectivity index (χ4v) is 3.72. The first-order valence-electron chi connectivity index (χ1n) is 11.6. The molecule has 1 aromatic heterocycles. The van der Waals surface area contributed by atoms with Gasteiger partial charge in [0.1, 0.15) is 39.7 Å². The van der Waals surface area contributed by atoms with E-state index in [0.717, 1.165) is 11.1 Å². The molecular formula is C30H30O7. The van der Waals surface area contributed by atoms with Crippen molar-refractivity contribution < 1.29 is 28.9 Å². The summed E-state index contributed by atoms with van der Waals surface area (Å²) in [6.07, 6.45) is 2.60. The summed E-state index contributed by atoms with van der Waals surface area (Å²) in [5, 5.41) is 20.0. The highest BCUT2D eigenvalue weighted by Gasteiger charge is 2.17. The Morgan fingerprint density at radius 2 is 1.65 bits per heavy atom. The highest BCUT2D eigenvalue weighted by molar-refractivity contribution is 6.10. The summed E-state index contributed by atoms with van der Waals surface area (Å²) in [5.41, 5.74) is 2.89. The zero-order valence-electron chi connectivity index (χ0n) is 21.5. The van der Waals surface area contributed by atoms with Crippen LogP contribution in [0.15, 0.2) is 81.5 Å². The molecular weight excluding hydrogens is 472 g/mol. The van der Waals surface area contributed by atoms with Crippen LogP contribution in [0.2, 0.25) is 0 Å². The van der Waals surface area contributed by atoms with Gasteiger partial charge in [0.15, 0.2) is 11.2 Å². The molecule has 4 rings (SSSR count). The van der Waals surface area contributed by atoms with Gasteiger partial charge in [-0.3, -0.25) is 9.59 Å². The molecule has 0 fully saturated rings. The van der Waals surface area contributed by atoms with Crippen molar-refractivity contribution in [2.75, 3.05) is 14.2 Å². The van der Waals surface area contributed by atoms with E-state index in [1.807, 2.05) is 26.0 Å². The first kappa shape index (κ1) is 27.1. The van der Waals surface area contributed by atoms with Crippen molar-refractivity contribution in [3.8, 4) is 23.0 Å². The van der Waals surface area contributed by atoms with Crippen molar-refractivity contribution in [2.45, 2.75) is 27.2 Å². The molecule has 37 heavy (non-hydrogen) atoms. The number of hydrogen-bond acceptors (Lipinski definition) is 7. The van der Waals surface area contributed by atoms with Gasteiger partial charge in [-0.25, -0.2) is 0 Å². The monoisotopic (exact) mass is 502 g/mol. The molecule has 192 valence electrons. The summed E-state index contributed by atoms with van der Waals surface area (Å²) in [5.74, 6) is 1.15. The van der Waals surface area contributed by atoms with E-state index >= 15 is 0 Å². The number of ketones is 1. The standard InChI is InChI=1S/C16H18O4.C14H12O3/c1-9(2)5-6-11-14(19-4)8-13(18)15-12(17)7-10(3)20-16(11)15;1-17-11-7-8-12(13(15)9-11)14(16)10-5-3-2-4-6-10/h5,7-8,18H,6H2,1-4H3;2-9,15H,1H3. The van der Waals surface area contributed by atoms with Gasteiger partial charge in [0.2, 0.25) is 0 Å². The van der Waals surface area contributed by atoms with Crippen LogP contribution in [0.4, 0.5) is 0 Å². The number of phenolic OH excluding ortho intramolecular Hbond substituents is 2. The third-order valence-corrected chi connectivity index (χ3v) is 5.59.